The zero-order chi connectivity index (χ0) is 14.8. The maximum absolute atomic E-state index is 12.9. The van der Waals surface area contributed by atoms with E-state index in [4.69, 9.17) is 0 Å². The molecule has 0 bridgehead atoms. The lowest BCUT2D eigenvalue weighted by Crippen LogP contribution is -2.02. The number of phenols is 1. The molecule has 2 N–H and O–H groups in total. The number of hydrogen-bond donors (Lipinski definition) is 2. The molecule has 1 aromatic heterocycles. The van der Waals surface area contributed by atoms with Gasteiger partial charge in [-0.2, -0.15) is 5.10 Å². The third kappa shape index (κ3) is 2.41. The second kappa shape index (κ2) is 5.20. The molecule has 0 aliphatic rings. The summed E-state index contributed by atoms with van der Waals surface area (Å²) in [6.45, 7) is 0. The zero-order valence-corrected chi connectivity index (χ0v) is 10.9. The van der Waals surface area contributed by atoms with E-state index in [9.17, 15) is 14.3 Å². The molecule has 2 aromatic carbocycles. The van der Waals surface area contributed by atoms with Gasteiger partial charge in [0, 0.05) is 11.1 Å². The summed E-state index contributed by atoms with van der Waals surface area (Å²) < 4.78 is 12.9. The van der Waals surface area contributed by atoms with Crippen LogP contribution >= 0.6 is 0 Å². The van der Waals surface area contributed by atoms with Crippen LogP contribution in [-0.4, -0.2) is 21.1 Å². The minimum absolute atomic E-state index is 0.0508. The Balaban J connectivity index is 2.05. The number of aromatic hydroxyl groups is 1. The quantitative estimate of drug-likeness (QED) is 0.725. The molecule has 1 heterocycles. The Kier molecular flexibility index (Phi) is 3.23. The number of hydrogen-bond acceptors (Lipinski definition) is 3. The van der Waals surface area contributed by atoms with Crippen LogP contribution in [0.5, 0.6) is 5.75 Å². The normalized spacial score (nSPS) is 10.5. The Morgan fingerprint density at radius 2 is 1.81 bits per heavy atom. The van der Waals surface area contributed by atoms with Gasteiger partial charge in [-0.25, -0.2) is 4.39 Å². The van der Waals surface area contributed by atoms with Crippen molar-refractivity contribution >= 4 is 5.78 Å². The number of benzene rings is 2. The molecule has 3 aromatic rings. The molecule has 104 valence electrons. The van der Waals surface area contributed by atoms with E-state index < -0.39 is 5.82 Å². The SMILES string of the molecule is O=C(c1ccc(F)cc1)c1cn[nH]c1-c1ccccc1O. The van der Waals surface area contributed by atoms with Crippen molar-refractivity contribution in [3.63, 3.8) is 0 Å². The van der Waals surface area contributed by atoms with Gasteiger partial charge in [-0.1, -0.05) is 12.1 Å². The van der Waals surface area contributed by atoms with Crippen LogP contribution in [-0.2, 0) is 0 Å². The van der Waals surface area contributed by atoms with Gasteiger partial charge in [0.25, 0.3) is 0 Å². The molecular formula is C16H11FN2O2. The van der Waals surface area contributed by atoms with Crippen molar-refractivity contribution in [2.45, 2.75) is 0 Å². The second-order valence-electron chi connectivity index (χ2n) is 4.51. The van der Waals surface area contributed by atoms with E-state index in [1.54, 1.807) is 18.2 Å². The number of nitrogens with one attached hydrogen (secondary N) is 1. The van der Waals surface area contributed by atoms with E-state index in [1.165, 1.54) is 36.5 Å². The predicted octanol–water partition coefficient (Wildman–Crippen LogP) is 3.15. The van der Waals surface area contributed by atoms with Crippen LogP contribution in [0.3, 0.4) is 0 Å². The number of aromatic nitrogens is 2. The fourth-order valence-electron chi connectivity index (χ4n) is 2.11. The number of carbonyl (C=O) groups excluding carboxylic acids is 1. The fourth-order valence-corrected chi connectivity index (χ4v) is 2.11. The Morgan fingerprint density at radius 1 is 1.10 bits per heavy atom. The van der Waals surface area contributed by atoms with Crippen LogP contribution < -0.4 is 0 Å². The van der Waals surface area contributed by atoms with Crippen molar-refractivity contribution in [2.75, 3.05) is 0 Å². The molecule has 0 spiro atoms. The smallest absolute Gasteiger partial charge is 0.196 e. The monoisotopic (exact) mass is 282 g/mol. The highest BCUT2D eigenvalue weighted by Crippen LogP contribution is 2.30. The van der Waals surface area contributed by atoms with Crippen LogP contribution in [0, 0.1) is 5.82 Å². The zero-order valence-electron chi connectivity index (χ0n) is 10.9. The summed E-state index contributed by atoms with van der Waals surface area (Å²) in [7, 11) is 0. The van der Waals surface area contributed by atoms with E-state index in [0.29, 0.717) is 22.4 Å². The average molecular weight is 282 g/mol. The van der Waals surface area contributed by atoms with Crippen LogP contribution in [0.15, 0.2) is 54.7 Å². The molecule has 0 aliphatic carbocycles. The van der Waals surface area contributed by atoms with E-state index >= 15 is 0 Å². The van der Waals surface area contributed by atoms with Gasteiger partial charge in [-0.3, -0.25) is 9.89 Å². The van der Waals surface area contributed by atoms with E-state index in [2.05, 4.69) is 10.2 Å². The van der Waals surface area contributed by atoms with Crippen molar-refractivity contribution in [3.8, 4) is 17.0 Å². The molecule has 0 fully saturated rings. The van der Waals surface area contributed by atoms with Crippen LogP contribution in [0.25, 0.3) is 11.3 Å². The summed E-state index contributed by atoms with van der Waals surface area (Å²) in [4.78, 5) is 12.5. The average Bonchev–Trinajstić information content (AvgIpc) is 2.97. The number of halogens is 1. The van der Waals surface area contributed by atoms with Crippen LogP contribution in [0.4, 0.5) is 4.39 Å². The van der Waals surface area contributed by atoms with Crippen molar-refractivity contribution in [1.82, 2.24) is 10.2 Å². The van der Waals surface area contributed by atoms with Crippen LogP contribution in [0.2, 0.25) is 0 Å². The Labute approximate surface area is 119 Å². The Hall–Kier alpha value is -2.95. The number of nitrogens with zero attached hydrogens (tertiary/aromatic N) is 1. The molecule has 5 heteroatoms. The number of carbonyl (C=O) groups is 1. The van der Waals surface area contributed by atoms with Gasteiger partial charge >= 0.3 is 0 Å². The molecule has 0 radical (unpaired) electrons. The highest BCUT2D eigenvalue weighted by Gasteiger charge is 2.18. The lowest BCUT2D eigenvalue weighted by molar-refractivity contribution is 0.103. The molecular weight excluding hydrogens is 271 g/mol. The molecule has 0 atom stereocenters. The lowest BCUT2D eigenvalue weighted by Gasteiger charge is -2.05. The number of phenolic OH excluding ortho intramolecular Hbond substituents is 1. The van der Waals surface area contributed by atoms with E-state index in [0.717, 1.165) is 0 Å². The standard InChI is InChI=1S/C16H11FN2O2/c17-11-7-5-10(6-8-11)16(21)13-9-18-19-15(13)12-3-1-2-4-14(12)20/h1-9,20H,(H,18,19). The molecule has 21 heavy (non-hydrogen) atoms. The summed E-state index contributed by atoms with van der Waals surface area (Å²) in [6, 6.07) is 11.9. The summed E-state index contributed by atoms with van der Waals surface area (Å²) in [5, 5.41) is 16.5. The third-order valence-electron chi connectivity index (χ3n) is 3.16. The first kappa shape index (κ1) is 13.1. The minimum atomic E-state index is -0.403. The second-order valence-corrected chi connectivity index (χ2v) is 4.51. The van der Waals surface area contributed by atoms with E-state index in [-0.39, 0.29) is 11.5 Å². The minimum Gasteiger partial charge on any atom is -0.507 e. The lowest BCUT2D eigenvalue weighted by atomic mass is 10.00. The van der Waals surface area contributed by atoms with Gasteiger partial charge in [0.2, 0.25) is 0 Å². The van der Waals surface area contributed by atoms with Gasteiger partial charge < -0.3 is 5.11 Å². The number of ketones is 1. The van der Waals surface area contributed by atoms with Crippen molar-refractivity contribution in [3.05, 3.63) is 71.7 Å². The van der Waals surface area contributed by atoms with Gasteiger partial charge in [0.1, 0.15) is 11.6 Å². The molecule has 0 aliphatic heterocycles. The summed E-state index contributed by atoms with van der Waals surface area (Å²) in [5.74, 6) is -0.642. The highest BCUT2D eigenvalue weighted by atomic mass is 19.1. The first-order valence-electron chi connectivity index (χ1n) is 6.29. The molecule has 4 nitrogen and oxygen atoms in total. The number of rotatable bonds is 3. The maximum Gasteiger partial charge on any atom is 0.196 e. The summed E-state index contributed by atoms with van der Waals surface area (Å²) in [6.07, 6.45) is 1.40. The Morgan fingerprint density at radius 3 is 2.52 bits per heavy atom. The van der Waals surface area contributed by atoms with Crippen molar-refractivity contribution in [2.24, 2.45) is 0 Å². The van der Waals surface area contributed by atoms with Crippen LogP contribution in [0.1, 0.15) is 15.9 Å². The molecule has 3 rings (SSSR count). The largest absolute Gasteiger partial charge is 0.507 e. The molecule has 0 unspecified atom stereocenters. The summed E-state index contributed by atoms with van der Waals surface area (Å²) in [5.41, 5.74) is 1.60. The Bertz CT molecular complexity index is 794. The van der Waals surface area contributed by atoms with Crippen molar-refractivity contribution < 1.29 is 14.3 Å². The molecule has 0 saturated heterocycles. The molecule has 0 saturated carbocycles. The first-order valence-corrected chi connectivity index (χ1v) is 6.29. The molecule has 0 amide bonds. The first-order chi connectivity index (χ1) is 10.2. The third-order valence-corrected chi connectivity index (χ3v) is 3.16. The summed E-state index contributed by atoms with van der Waals surface area (Å²) >= 11 is 0. The van der Waals surface area contributed by atoms with E-state index in [1.807, 2.05) is 0 Å². The van der Waals surface area contributed by atoms with Gasteiger partial charge in [0.15, 0.2) is 5.78 Å². The number of aromatic amines is 1. The topological polar surface area (TPSA) is 66.0 Å². The predicted molar refractivity (Wildman–Crippen MR) is 75.5 cm³/mol. The van der Waals surface area contributed by atoms with Gasteiger partial charge in [-0.15, -0.1) is 0 Å². The van der Waals surface area contributed by atoms with Crippen molar-refractivity contribution in [1.29, 1.82) is 0 Å². The highest BCUT2D eigenvalue weighted by molar-refractivity contribution is 6.12. The van der Waals surface area contributed by atoms with Gasteiger partial charge in [0.05, 0.1) is 17.5 Å². The maximum atomic E-state index is 12.9. The number of H-pyrrole nitrogens is 1. The number of para-hydroxylation sites is 1. The van der Waals surface area contributed by atoms with Gasteiger partial charge in [-0.05, 0) is 36.4 Å². The fraction of sp³-hybridized carbons (Fsp3) is 0.